The molecule has 1 aliphatic rings. The van der Waals surface area contributed by atoms with Crippen LogP contribution in [0.3, 0.4) is 0 Å². The maximum atomic E-state index is 11.9. The minimum Gasteiger partial charge on any atom is -0.444 e. The highest BCUT2D eigenvalue weighted by Crippen LogP contribution is 2.23. The fraction of sp³-hybridized carbons (Fsp3) is 0.909. The molecule has 0 aromatic rings. The molecule has 1 N–H and O–H groups in total. The van der Waals surface area contributed by atoms with E-state index in [1.54, 1.807) is 4.90 Å². The van der Waals surface area contributed by atoms with Crippen LogP contribution in [0.2, 0.25) is 0 Å². The van der Waals surface area contributed by atoms with Crippen LogP contribution in [0.1, 0.15) is 33.6 Å². The molecule has 0 saturated carbocycles. The molecular weight excluding hydrogens is 274 g/mol. The predicted octanol–water partition coefficient (Wildman–Crippen LogP) is 2.14. The van der Waals surface area contributed by atoms with Crippen LogP contribution in [-0.4, -0.2) is 45.7 Å². The third kappa shape index (κ3) is 3.63. The zero-order chi connectivity index (χ0) is 12.3. The third-order valence-corrected chi connectivity index (χ3v) is 3.19. The fourth-order valence-electron chi connectivity index (χ4n) is 1.84. The van der Waals surface area contributed by atoms with Gasteiger partial charge in [0.1, 0.15) is 5.60 Å². The highest BCUT2D eigenvalue weighted by atomic mass is 79.9. The van der Waals surface area contributed by atoms with Gasteiger partial charge >= 0.3 is 6.09 Å². The largest absolute Gasteiger partial charge is 0.444 e. The maximum absolute atomic E-state index is 11.9. The quantitative estimate of drug-likeness (QED) is 0.794. The smallest absolute Gasteiger partial charge is 0.410 e. The van der Waals surface area contributed by atoms with Crippen LogP contribution in [0.5, 0.6) is 0 Å². The first-order chi connectivity index (χ1) is 7.35. The minimum absolute atomic E-state index is 0.116. The summed E-state index contributed by atoms with van der Waals surface area (Å²) in [6.07, 6.45) is 0.921. The molecule has 2 unspecified atom stereocenters. The number of alkyl halides is 1. The molecule has 1 fully saturated rings. The topological polar surface area (TPSA) is 49.8 Å². The Hall–Kier alpha value is -0.290. The van der Waals surface area contributed by atoms with Crippen molar-refractivity contribution >= 4 is 22.0 Å². The number of hydrogen-bond donors (Lipinski definition) is 1. The molecule has 5 heteroatoms. The van der Waals surface area contributed by atoms with E-state index in [-0.39, 0.29) is 12.1 Å². The molecule has 1 heterocycles. The van der Waals surface area contributed by atoms with Crippen molar-refractivity contribution in [2.75, 3.05) is 11.9 Å². The zero-order valence-electron chi connectivity index (χ0n) is 10.1. The Morgan fingerprint density at radius 3 is 2.75 bits per heavy atom. The van der Waals surface area contributed by atoms with E-state index in [0.29, 0.717) is 11.9 Å². The molecule has 1 saturated heterocycles. The summed E-state index contributed by atoms with van der Waals surface area (Å²) in [6.45, 7) is 6.20. The molecule has 0 aromatic carbocycles. The first-order valence-electron chi connectivity index (χ1n) is 5.59. The number of aliphatic hydroxyl groups excluding tert-OH is 1. The number of nitrogens with zero attached hydrogens (tertiary/aromatic N) is 1. The number of halogens is 1. The first kappa shape index (κ1) is 13.8. The lowest BCUT2D eigenvalue weighted by Gasteiger charge is -2.30. The maximum Gasteiger partial charge on any atom is 0.410 e. The SMILES string of the molecule is CC(C)(C)OC(=O)N1CCCC1C(O)CBr. The average Bonchev–Trinajstić information content (AvgIpc) is 2.62. The number of likely N-dealkylation sites (tertiary alicyclic amines) is 1. The van der Waals surface area contributed by atoms with Crippen LogP contribution in [-0.2, 0) is 4.74 Å². The van der Waals surface area contributed by atoms with Gasteiger partial charge in [0.2, 0.25) is 0 Å². The second-order valence-corrected chi connectivity index (χ2v) is 5.75. The summed E-state index contributed by atoms with van der Waals surface area (Å²) in [5.74, 6) is 0. The molecular formula is C11H20BrNO3. The van der Waals surface area contributed by atoms with E-state index in [9.17, 15) is 9.90 Å². The van der Waals surface area contributed by atoms with E-state index in [2.05, 4.69) is 15.9 Å². The molecule has 16 heavy (non-hydrogen) atoms. The molecule has 0 spiro atoms. The molecule has 94 valence electrons. The van der Waals surface area contributed by atoms with Gasteiger partial charge in [0.25, 0.3) is 0 Å². The van der Waals surface area contributed by atoms with Gasteiger partial charge in [-0.3, -0.25) is 0 Å². The normalized spacial score (nSPS) is 23.3. The lowest BCUT2D eigenvalue weighted by molar-refractivity contribution is 0.00881. The number of hydrogen-bond acceptors (Lipinski definition) is 3. The Labute approximate surface area is 105 Å². The van der Waals surface area contributed by atoms with Crippen molar-refractivity contribution in [3.05, 3.63) is 0 Å². The van der Waals surface area contributed by atoms with E-state index < -0.39 is 11.7 Å². The zero-order valence-corrected chi connectivity index (χ0v) is 11.7. The van der Waals surface area contributed by atoms with Crippen molar-refractivity contribution < 1.29 is 14.6 Å². The van der Waals surface area contributed by atoms with Crippen molar-refractivity contribution in [2.24, 2.45) is 0 Å². The summed E-state index contributed by atoms with van der Waals surface area (Å²) in [5.41, 5.74) is -0.483. The van der Waals surface area contributed by atoms with Crippen molar-refractivity contribution in [3.8, 4) is 0 Å². The van der Waals surface area contributed by atoms with Gasteiger partial charge in [-0.15, -0.1) is 0 Å². The van der Waals surface area contributed by atoms with Gasteiger partial charge in [-0.25, -0.2) is 4.79 Å². The van der Waals surface area contributed by atoms with E-state index in [4.69, 9.17) is 4.74 Å². The number of carbonyl (C=O) groups excluding carboxylic acids is 1. The number of ether oxygens (including phenoxy) is 1. The monoisotopic (exact) mass is 293 g/mol. The first-order valence-corrected chi connectivity index (χ1v) is 6.71. The van der Waals surface area contributed by atoms with E-state index in [0.717, 1.165) is 12.8 Å². The number of aliphatic hydroxyl groups is 1. The van der Waals surface area contributed by atoms with E-state index in [1.807, 2.05) is 20.8 Å². The van der Waals surface area contributed by atoms with Crippen molar-refractivity contribution in [3.63, 3.8) is 0 Å². The fourth-order valence-corrected chi connectivity index (χ4v) is 2.27. The Morgan fingerprint density at radius 1 is 1.62 bits per heavy atom. The summed E-state index contributed by atoms with van der Waals surface area (Å²) in [4.78, 5) is 13.5. The van der Waals surface area contributed by atoms with Gasteiger partial charge in [0.15, 0.2) is 0 Å². The van der Waals surface area contributed by atoms with E-state index >= 15 is 0 Å². The van der Waals surface area contributed by atoms with Crippen LogP contribution in [0.4, 0.5) is 4.79 Å². The summed E-state index contributed by atoms with van der Waals surface area (Å²) < 4.78 is 5.31. The van der Waals surface area contributed by atoms with Crippen LogP contribution in [0.15, 0.2) is 0 Å². The van der Waals surface area contributed by atoms with Crippen LogP contribution < -0.4 is 0 Å². The van der Waals surface area contributed by atoms with Gasteiger partial charge in [-0.2, -0.15) is 0 Å². The van der Waals surface area contributed by atoms with Crippen molar-refractivity contribution in [1.82, 2.24) is 4.90 Å². The Kier molecular flexibility index (Phi) is 4.62. The number of carbonyl (C=O) groups is 1. The molecule has 2 atom stereocenters. The molecule has 4 nitrogen and oxygen atoms in total. The van der Waals surface area contributed by atoms with Crippen molar-refractivity contribution in [2.45, 2.75) is 51.4 Å². The second-order valence-electron chi connectivity index (χ2n) is 5.10. The molecule has 0 aliphatic carbocycles. The van der Waals surface area contributed by atoms with E-state index in [1.165, 1.54) is 0 Å². The van der Waals surface area contributed by atoms with Gasteiger partial charge in [0, 0.05) is 11.9 Å². The molecule has 0 aromatic heterocycles. The lowest BCUT2D eigenvalue weighted by atomic mass is 10.1. The molecule has 0 radical (unpaired) electrons. The summed E-state index contributed by atoms with van der Waals surface area (Å²) in [7, 11) is 0. The highest BCUT2D eigenvalue weighted by molar-refractivity contribution is 9.09. The third-order valence-electron chi connectivity index (χ3n) is 2.53. The summed E-state index contributed by atoms with van der Waals surface area (Å²) >= 11 is 3.23. The second kappa shape index (κ2) is 5.36. The summed E-state index contributed by atoms with van der Waals surface area (Å²) in [5, 5.41) is 10.3. The standard InChI is InChI=1S/C11H20BrNO3/c1-11(2,3)16-10(15)13-6-4-5-8(13)9(14)7-12/h8-9,14H,4-7H2,1-3H3. The molecule has 1 rings (SSSR count). The Morgan fingerprint density at radius 2 is 2.25 bits per heavy atom. The lowest BCUT2D eigenvalue weighted by Crippen LogP contribution is -2.45. The average molecular weight is 294 g/mol. The number of amides is 1. The Bertz CT molecular complexity index is 252. The Balaban J connectivity index is 2.61. The van der Waals surface area contributed by atoms with Gasteiger partial charge in [-0.1, -0.05) is 15.9 Å². The van der Waals surface area contributed by atoms with Gasteiger partial charge in [0.05, 0.1) is 12.1 Å². The van der Waals surface area contributed by atoms with Crippen LogP contribution >= 0.6 is 15.9 Å². The molecule has 1 amide bonds. The highest BCUT2D eigenvalue weighted by Gasteiger charge is 2.35. The molecule has 0 bridgehead atoms. The van der Waals surface area contributed by atoms with Crippen molar-refractivity contribution in [1.29, 1.82) is 0 Å². The predicted molar refractivity (Wildman–Crippen MR) is 65.8 cm³/mol. The van der Waals surface area contributed by atoms with Gasteiger partial charge in [-0.05, 0) is 33.6 Å². The summed E-state index contributed by atoms with van der Waals surface area (Å²) in [6, 6.07) is -0.116. The van der Waals surface area contributed by atoms with Crippen LogP contribution in [0, 0.1) is 0 Å². The number of rotatable bonds is 2. The minimum atomic E-state index is -0.519. The van der Waals surface area contributed by atoms with Crippen LogP contribution in [0.25, 0.3) is 0 Å². The van der Waals surface area contributed by atoms with Gasteiger partial charge < -0.3 is 14.7 Å². The molecule has 1 aliphatic heterocycles.